The van der Waals surface area contributed by atoms with Gasteiger partial charge in [-0.05, 0) is 18.1 Å². The van der Waals surface area contributed by atoms with E-state index >= 15 is 0 Å². The summed E-state index contributed by atoms with van der Waals surface area (Å²) >= 11 is 0. The summed E-state index contributed by atoms with van der Waals surface area (Å²) in [6.07, 6.45) is 4.57. The minimum Gasteiger partial charge on any atom is -0.387 e. The first-order chi connectivity index (χ1) is 12.2. The summed E-state index contributed by atoms with van der Waals surface area (Å²) in [7, 11) is 0. The Morgan fingerprint density at radius 2 is 1.88 bits per heavy atom. The second-order valence-electron chi connectivity index (χ2n) is 6.48. The number of aromatic nitrogens is 2. The van der Waals surface area contributed by atoms with Crippen LogP contribution in [-0.4, -0.2) is 63.3 Å². The van der Waals surface area contributed by atoms with Crippen LogP contribution in [0.25, 0.3) is 0 Å². The van der Waals surface area contributed by atoms with E-state index in [1.54, 1.807) is 6.20 Å². The number of hydrogen-bond donors (Lipinski definition) is 1. The molecular formula is C19H26N4O2. The summed E-state index contributed by atoms with van der Waals surface area (Å²) in [6.45, 7) is 4.50. The van der Waals surface area contributed by atoms with Gasteiger partial charge in [0.15, 0.2) is 0 Å². The van der Waals surface area contributed by atoms with Crippen LogP contribution in [0.5, 0.6) is 0 Å². The molecule has 1 N–H and O–H groups in total. The van der Waals surface area contributed by atoms with Gasteiger partial charge in [-0.25, -0.2) is 0 Å². The fourth-order valence-corrected chi connectivity index (χ4v) is 3.19. The van der Waals surface area contributed by atoms with Crippen LogP contribution in [0.15, 0.2) is 48.8 Å². The Morgan fingerprint density at radius 1 is 1.12 bits per heavy atom. The molecule has 0 radical (unpaired) electrons. The average Bonchev–Trinajstić information content (AvgIpc) is 3.16. The lowest BCUT2D eigenvalue weighted by Crippen LogP contribution is -2.49. The molecule has 2 aromatic rings. The van der Waals surface area contributed by atoms with E-state index in [1.807, 2.05) is 52.2 Å². The second kappa shape index (κ2) is 8.78. The third kappa shape index (κ3) is 5.14. The molecule has 0 saturated carbocycles. The number of hydrogen-bond acceptors (Lipinski definition) is 4. The van der Waals surface area contributed by atoms with Crippen molar-refractivity contribution in [3.8, 4) is 0 Å². The molecule has 0 bridgehead atoms. The SMILES string of the molecule is O=C(CCCn1cccn1)N1CCN(CC(O)c2ccccc2)CC1. The number of benzene rings is 1. The van der Waals surface area contributed by atoms with Gasteiger partial charge in [0.25, 0.3) is 0 Å². The molecule has 6 heteroatoms. The highest BCUT2D eigenvalue weighted by Gasteiger charge is 2.22. The third-order valence-corrected chi connectivity index (χ3v) is 4.68. The number of carbonyl (C=O) groups excluding carboxylic acids is 1. The number of carbonyl (C=O) groups is 1. The highest BCUT2D eigenvalue weighted by Crippen LogP contribution is 2.15. The minimum atomic E-state index is -0.475. The number of amides is 1. The summed E-state index contributed by atoms with van der Waals surface area (Å²) in [5.41, 5.74) is 0.944. The third-order valence-electron chi connectivity index (χ3n) is 4.68. The lowest BCUT2D eigenvalue weighted by Gasteiger charge is -2.35. The topological polar surface area (TPSA) is 61.6 Å². The Kier molecular flexibility index (Phi) is 6.19. The molecule has 1 fully saturated rings. The van der Waals surface area contributed by atoms with Crippen LogP contribution < -0.4 is 0 Å². The largest absolute Gasteiger partial charge is 0.387 e. The predicted octanol–water partition coefficient (Wildman–Crippen LogP) is 1.54. The summed E-state index contributed by atoms with van der Waals surface area (Å²) < 4.78 is 1.86. The number of piperazine rings is 1. The van der Waals surface area contributed by atoms with E-state index in [1.165, 1.54) is 0 Å². The molecule has 1 aromatic heterocycles. The van der Waals surface area contributed by atoms with E-state index < -0.39 is 6.10 Å². The predicted molar refractivity (Wildman–Crippen MR) is 95.9 cm³/mol. The number of aliphatic hydroxyl groups excluding tert-OH is 1. The zero-order valence-electron chi connectivity index (χ0n) is 14.5. The standard InChI is InChI=1S/C19H26N4O2/c24-18(17-6-2-1-3-7-17)16-21-12-14-22(15-13-21)19(25)8-4-10-23-11-5-9-20-23/h1-3,5-7,9,11,18,24H,4,8,10,12-16H2. The first-order valence-corrected chi connectivity index (χ1v) is 8.93. The van der Waals surface area contributed by atoms with Crippen LogP contribution in [-0.2, 0) is 11.3 Å². The molecule has 1 aromatic carbocycles. The molecule has 1 atom stereocenters. The monoisotopic (exact) mass is 342 g/mol. The van der Waals surface area contributed by atoms with Crippen LogP contribution in [0.4, 0.5) is 0 Å². The zero-order chi connectivity index (χ0) is 17.5. The van der Waals surface area contributed by atoms with Crippen molar-refractivity contribution >= 4 is 5.91 Å². The van der Waals surface area contributed by atoms with Gasteiger partial charge in [0.05, 0.1) is 6.10 Å². The van der Waals surface area contributed by atoms with Crippen molar-refractivity contribution in [2.45, 2.75) is 25.5 Å². The molecule has 1 aliphatic heterocycles. The quantitative estimate of drug-likeness (QED) is 0.829. The minimum absolute atomic E-state index is 0.218. The summed E-state index contributed by atoms with van der Waals surface area (Å²) in [6, 6.07) is 11.6. The Labute approximate surface area is 148 Å². The molecule has 1 saturated heterocycles. The van der Waals surface area contributed by atoms with Gasteiger partial charge in [0.2, 0.25) is 5.91 Å². The Hall–Kier alpha value is -2.18. The Bertz CT molecular complexity index is 637. The van der Waals surface area contributed by atoms with E-state index in [4.69, 9.17) is 0 Å². The van der Waals surface area contributed by atoms with E-state index in [-0.39, 0.29) is 5.91 Å². The van der Waals surface area contributed by atoms with Crippen LogP contribution in [0.2, 0.25) is 0 Å². The molecule has 6 nitrogen and oxygen atoms in total. The van der Waals surface area contributed by atoms with Crippen LogP contribution in [0, 0.1) is 0 Å². The lowest BCUT2D eigenvalue weighted by atomic mass is 10.1. The maximum absolute atomic E-state index is 12.3. The van der Waals surface area contributed by atoms with Gasteiger partial charge in [-0.1, -0.05) is 30.3 Å². The van der Waals surface area contributed by atoms with Crippen LogP contribution in [0.3, 0.4) is 0 Å². The molecule has 0 aliphatic carbocycles. The number of nitrogens with zero attached hydrogens (tertiary/aromatic N) is 4. The van der Waals surface area contributed by atoms with Crippen LogP contribution >= 0.6 is 0 Å². The fourth-order valence-electron chi connectivity index (χ4n) is 3.19. The molecule has 1 unspecified atom stereocenters. The van der Waals surface area contributed by atoms with Crippen molar-refractivity contribution in [1.82, 2.24) is 19.6 Å². The molecule has 1 amide bonds. The summed E-state index contributed by atoms with van der Waals surface area (Å²) in [4.78, 5) is 16.5. The van der Waals surface area contributed by atoms with Gasteiger partial charge < -0.3 is 10.0 Å². The molecular weight excluding hydrogens is 316 g/mol. The number of aryl methyl sites for hydroxylation is 1. The van der Waals surface area contributed by atoms with Gasteiger partial charge in [-0.3, -0.25) is 14.4 Å². The normalized spacial score (nSPS) is 16.8. The van der Waals surface area contributed by atoms with E-state index in [0.717, 1.165) is 44.7 Å². The molecule has 2 heterocycles. The number of aliphatic hydroxyl groups is 1. The van der Waals surface area contributed by atoms with Gasteiger partial charge in [-0.2, -0.15) is 5.10 Å². The van der Waals surface area contributed by atoms with E-state index in [0.29, 0.717) is 13.0 Å². The van der Waals surface area contributed by atoms with Crippen molar-refractivity contribution < 1.29 is 9.90 Å². The number of rotatable bonds is 7. The van der Waals surface area contributed by atoms with Gasteiger partial charge >= 0.3 is 0 Å². The van der Waals surface area contributed by atoms with Crippen molar-refractivity contribution in [3.63, 3.8) is 0 Å². The summed E-state index contributed by atoms with van der Waals surface area (Å²) in [5.74, 6) is 0.218. The molecule has 25 heavy (non-hydrogen) atoms. The smallest absolute Gasteiger partial charge is 0.222 e. The van der Waals surface area contributed by atoms with E-state index in [2.05, 4.69) is 10.00 Å². The first kappa shape index (κ1) is 17.6. The summed E-state index contributed by atoms with van der Waals surface area (Å²) in [5, 5.41) is 14.5. The van der Waals surface area contributed by atoms with Gasteiger partial charge in [-0.15, -0.1) is 0 Å². The van der Waals surface area contributed by atoms with Crippen molar-refractivity contribution in [2.24, 2.45) is 0 Å². The maximum atomic E-state index is 12.3. The van der Waals surface area contributed by atoms with Crippen molar-refractivity contribution in [3.05, 3.63) is 54.4 Å². The molecule has 1 aliphatic rings. The van der Waals surface area contributed by atoms with Crippen molar-refractivity contribution in [1.29, 1.82) is 0 Å². The highest BCUT2D eigenvalue weighted by molar-refractivity contribution is 5.76. The lowest BCUT2D eigenvalue weighted by molar-refractivity contribution is -0.133. The van der Waals surface area contributed by atoms with Crippen molar-refractivity contribution in [2.75, 3.05) is 32.7 Å². The maximum Gasteiger partial charge on any atom is 0.222 e. The van der Waals surface area contributed by atoms with Crippen LogP contribution in [0.1, 0.15) is 24.5 Å². The number of β-amino-alcohol motifs (C(OH)–C–C–N with tert-alkyl or cyclic N) is 1. The average molecular weight is 342 g/mol. The molecule has 134 valence electrons. The second-order valence-corrected chi connectivity index (χ2v) is 6.48. The van der Waals surface area contributed by atoms with Gasteiger partial charge in [0.1, 0.15) is 0 Å². The fraction of sp³-hybridized carbons (Fsp3) is 0.474. The van der Waals surface area contributed by atoms with Gasteiger partial charge in [0, 0.05) is 58.1 Å². The Morgan fingerprint density at radius 3 is 2.56 bits per heavy atom. The molecule has 3 rings (SSSR count). The first-order valence-electron chi connectivity index (χ1n) is 8.93. The Balaban J connectivity index is 1.37. The zero-order valence-corrected chi connectivity index (χ0v) is 14.5. The highest BCUT2D eigenvalue weighted by atomic mass is 16.3. The molecule has 0 spiro atoms. The van der Waals surface area contributed by atoms with E-state index in [9.17, 15) is 9.90 Å².